The normalized spacial score (nSPS) is 20.1. The Bertz CT molecular complexity index is 1100. The van der Waals surface area contributed by atoms with Crippen molar-refractivity contribution in [1.82, 2.24) is 0 Å². The largest absolute Gasteiger partial charge is 0.573 e. The van der Waals surface area contributed by atoms with Crippen molar-refractivity contribution in [2.75, 3.05) is 0 Å². The van der Waals surface area contributed by atoms with Crippen LogP contribution in [0.5, 0.6) is 5.75 Å². The first-order valence-corrected chi connectivity index (χ1v) is 12.9. The van der Waals surface area contributed by atoms with Gasteiger partial charge in [0.15, 0.2) is 11.6 Å². The topological polar surface area (TPSA) is 9.23 Å². The minimum atomic E-state index is -5.07. The lowest BCUT2D eigenvalue weighted by Crippen LogP contribution is -2.18. The van der Waals surface area contributed by atoms with Crippen LogP contribution in [0, 0.1) is 29.3 Å². The SMILES string of the molecule is CCCCC1CCC(CCC2=CCc3c(cc(F)c(-c4ccc(OC(F)(F)F)c(F)c4)c3F)C2)CC1. The van der Waals surface area contributed by atoms with E-state index in [1.54, 1.807) is 0 Å². The van der Waals surface area contributed by atoms with Crippen molar-refractivity contribution < 1.29 is 31.1 Å². The monoisotopic (exact) mass is 510 g/mol. The van der Waals surface area contributed by atoms with Gasteiger partial charge in [-0.25, -0.2) is 13.2 Å². The minimum absolute atomic E-state index is 0.177. The smallest absolute Gasteiger partial charge is 0.403 e. The van der Waals surface area contributed by atoms with E-state index in [0.717, 1.165) is 30.9 Å². The molecular formula is C29H32F6O. The summed E-state index contributed by atoms with van der Waals surface area (Å²) in [5, 5.41) is 0. The van der Waals surface area contributed by atoms with E-state index < -0.39 is 35.1 Å². The highest BCUT2D eigenvalue weighted by Gasteiger charge is 2.33. The molecule has 1 fully saturated rings. The fraction of sp³-hybridized carbons (Fsp3) is 0.517. The highest BCUT2D eigenvalue weighted by Crippen LogP contribution is 2.38. The fourth-order valence-electron chi connectivity index (χ4n) is 5.66. The van der Waals surface area contributed by atoms with E-state index in [-0.39, 0.29) is 5.56 Å². The van der Waals surface area contributed by atoms with Gasteiger partial charge in [0, 0.05) is 0 Å². The van der Waals surface area contributed by atoms with Crippen molar-refractivity contribution >= 4 is 0 Å². The number of hydrogen-bond donors (Lipinski definition) is 0. The molecule has 0 amide bonds. The van der Waals surface area contributed by atoms with Crippen LogP contribution in [0.4, 0.5) is 26.3 Å². The van der Waals surface area contributed by atoms with Gasteiger partial charge in [-0.05, 0) is 72.4 Å². The molecule has 0 bridgehead atoms. The lowest BCUT2D eigenvalue weighted by molar-refractivity contribution is -0.275. The molecule has 0 atom stereocenters. The Morgan fingerprint density at radius 1 is 0.917 bits per heavy atom. The number of fused-ring (bicyclic) bond motifs is 1. The molecule has 0 heterocycles. The summed E-state index contributed by atoms with van der Waals surface area (Å²) < 4.78 is 85.2. The van der Waals surface area contributed by atoms with Gasteiger partial charge in [0.2, 0.25) is 0 Å². The zero-order valence-electron chi connectivity index (χ0n) is 20.5. The number of alkyl halides is 3. The second-order valence-electron chi connectivity index (χ2n) is 10.2. The molecule has 0 aliphatic heterocycles. The first-order chi connectivity index (χ1) is 17.1. The first-order valence-electron chi connectivity index (χ1n) is 12.9. The van der Waals surface area contributed by atoms with E-state index in [2.05, 4.69) is 11.7 Å². The summed E-state index contributed by atoms with van der Waals surface area (Å²) >= 11 is 0. The predicted octanol–water partition coefficient (Wildman–Crippen LogP) is 9.47. The number of rotatable bonds is 8. The molecule has 1 nitrogen and oxygen atoms in total. The molecule has 0 radical (unpaired) electrons. The Balaban J connectivity index is 1.41. The number of ether oxygens (including phenoxy) is 1. The molecule has 7 heteroatoms. The summed E-state index contributed by atoms with van der Waals surface area (Å²) in [7, 11) is 0. The quantitative estimate of drug-likeness (QED) is 0.254. The number of benzene rings is 2. The van der Waals surface area contributed by atoms with Gasteiger partial charge in [-0.2, -0.15) is 0 Å². The zero-order chi connectivity index (χ0) is 25.9. The standard InChI is InChI=1S/C29H32F6O/c1-2-3-4-18-5-7-19(8-6-18)9-10-20-11-13-23-22(15-20)17-25(31)27(28(23)32)21-12-14-26(24(30)16-21)36-29(33,34)35/h11-12,14,16-19H,2-10,13,15H2,1H3. The fourth-order valence-corrected chi connectivity index (χ4v) is 5.66. The second-order valence-corrected chi connectivity index (χ2v) is 10.2. The number of hydrogen-bond acceptors (Lipinski definition) is 1. The Morgan fingerprint density at radius 2 is 1.61 bits per heavy atom. The lowest BCUT2D eigenvalue weighted by Gasteiger charge is -2.29. The second kappa shape index (κ2) is 11.3. The van der Waals surface area contributed by atoms with Gasteiger partial charge in [-0.15, -0.1) is 13.2 Å². The van der Waals surface area contributed by atoms with E-state index >= 15 is 4.39 Å². The van der Waals surface area contributed by atoms with Crippen molar-refractivity contribution in [2.24, 2.45) is 11.8 Å². The van der Waals surface area contributed by atoms with Crippen LogP contribution in [0.15, 0.2) is 35.9 Å². The maximum absolute atomic E-state index is 15.3. The summed E-state index contributed by atoms with van der Waals surface area (Å²) in [4.78, 5) is 0. The Labute approximate surface area is 208 Å². The molecular weight excluding hydrogens is 478 g/mol. The molecule has 4 rings (SSSR count). The van der Waals surface area contributed by atoms with E-state index in [4.69, 9.17) is 0 Å². The predicted molar refractivity (Wildman–Crippen MR) is 128 cm³/mol. The van der Waals surface area contributed by atoms with Gasteiger partial charge in [-0.3, -0.25) is 0 Å². The summed E-state index contributed by atoms with van der Waals surface area (Å²) in [6, 6.07) is 3.69. The first kappa shape index (κ1) is 26.6. The van der Waals surface area contributed by atoms with E-state index in [1.165, 1.54) is 56.6 Å². The Morgan fingerprint density at radius 3 is 2.25 bits per heavy atom. The number of unbranched alkanes of at least 4 members (excludes halogenated alkanes) is 1. The van der Waals surface area contributed by atoms with Gasteiger partial charge in [0.25, 0.3) is 0 Å². The molecule has 0 aromatic heterocycles. The molecule has 2 aromatic rings. The summed E-state index contributed by atoms with van der Waals surface area (Å²) in [5.41, 5.74) is 1.49. The lowest BCUT2D eigenvalue weighted by atomic mass is 9.77. The third-order valence-corrected chi connectivity index (χ3v) is 7.68. The molecule has 2 aromatic carbocycles. The van der Waals surface area contributed by atoms with Crippen molar-refractivity contribution in [3.8, 4) is 16.9 Å². The van der Waals surface area contributed by atoms with Crippen LogP contribution >= 0.6 is 0 Å². The molecule has 0 N–H and O–H groups in total. The molecule has 2 aliphatic rings. The van der Waals surface area contributed by atoms with Crippen molar-refractivity contribution in [1.29, 1.82) is 0 Å². The molecule has 0 saturated heterocycles. The molecule has 2 aliphatic carbocycles. The molecule has 0 unspecified atom stereocenters. The van der Waals surface area contributed by atoms with E-state index in [1.807, 2.05) is 6.08 Å². The van der Waals surface area contributed by atoms with Gasteiger partial charge >= 0.3 is 6.36 Å². The molecule has 0 spiro atoms. The minimum Gasteiger partial charge on any atom is -0.403 e. The van der Waals surface area contributed by atoms with Crippen molar-refractivity contribution in [3.63, 3.8) is 0 Å². The molecule has 1 saturated carbocycles. The average molecular weight is 511 g/mol. The maximum atomic E-state index is 15.3. The molecule has 196 valence electrons. The van der Waals surface area contributed by atoms with Gasteiger partial charge in [0.1, 0.15) is 11.6 Å². The average Bonchev–Trinajstić information content (AvgIpc) is 2.83. The summed E-state index contributed by atoms with van der Waals surface area (Å²) in [5.74, 6) is -2.48. The van der Waals surface area contributed by atoms with Crippen molar-refractivity contribution in [2.45, 2.75) is 83.9 Å². The van der Waals surface area contributed by atoms with Crippen LogP contribution in [0.3, 0.4) is 0 Å². The van der Waals surface area contributed by atoms with Crippen LogP contribution in [-0.4, -0.2) is 6.36 Å². The third-order valence-electron chi connectivity index (χ3n) is 7.68. The van der Waals surface area contributed by atoms with E-state index in [0.29, 0.717) is 36.0 Å². The van der Waals surface area contributed by atoms with Crippen LogP contribution in [0.25, 0.3) is 11.1 Å². The van der Waals surface area contributed by atoms with Crippen LogP contribution in [-0.2, 0) is 12.8 Å². The highest BCUT2D eigenvalue weighted by molar-refractivity contribution is 5.68. The maximum Gasteiger partial charge on any atom is 0.573 e. The van der Waals surface area contributed by atoms with Crippen LogP contribution < -0.4 is 4.74 Å². The number of allylic oxidation sites excluding steroid dienone is 2. The van der Waals surface area contributed by atoms with Gasteiger partial charge in [-0.1, -0.05) is 69.6 Å². The molecule has 36 heavy (non-hydrogen) atoms. The Hall–Kier alpha value is -2.44. The van der Waals surface area contributed by atoms with Crippen LogP contribution in [0.1, 0.15) is 75.8 Å². The summed E-state index contributed by atoms with van der Waals surface area (Å²) in [6.45, 7) is 2.23. The van der Waals surface area contributed by atoms with Gasteiger partial charge in [0.05, 0.1) is 5.56 Å². The van der Waals surface area contributed by atoms with Crippen LogP contribution in [0.2, 0.25) is 0 Å². The summed E-state index contributed by atoms with van der Waals surface area (Å²) in [6.07, 6.45) is 8.74. The number of halogens is 6. The zero-order valence-corrected chi connectivity index (χ0v) is 20.5. The van der Waals surface area contributed by atoms with Crippen molar-refractivity contribution in [3.05, 3.63) is 64.5 Å². The third kappa shape index (κ3) is 6.46. The Kier molecular flexibility index (Phi) is 8.36. The van der Waals surface area contributed by atoms with Gasteiger partial charge < -0.3 is 4.74 Å². The van der Waals surface area contributed by atoms with E-state index in [9.17, 15) is 22.0 Å². The highest BCUT2D eigenvalue weighted by atomic mass is 19.4.